The molecule has 0 spiro atoms. The zero-order valence-electron chi connectivity index (χ0n) is 10.5. The van der Waals surface area contributed by atoms with Gasteiger partial charge in [-0.1, -0.05) is 25.3 Å². The summed E-state index contributed by atoms with van der Waals surface area (Å²) in [7, 11) is 0. The minimum absolute atomic E-state index is 0.384. The van der Waals surface area contributed by atoms with E-state index in [-0.39, 0.29) is 5.91 Å². The molecular weight excluding hydrogens is 228 g/mol. The van der Waals surface area contributed by atoms with Crippen LogP contribution < -0.4 is 10.6 Å². The van der Waals surface area contributed by atoms with Gasteiger partial charge in [0, 0.05) is 17.4 Å². The van der Waals surface area contributed by atoms with Crippen LogP contribution >= 0.6 is 0 Å². The predicted molar refractivity (Wildman–Crippen MR) is 72.7 cm³/mol. The second-order valence-corrected chi connectivity index (χ2v) is 4.77. The molecule has 0 aliphatic heterocycles. The Kier molecular flexibility index (Phi) is 4.59. The van der Waals surface area contributed by atoms with Crippen LogP contribution in [0.3, 0.4) is 0 Å². The van der Waals surface area contributed by atoms with Crippen molar-refractivity contribution in [2.24, 2.45) is 0 Å². The molecule has 1 aliphatic rings. The molecule has 1 aromatic rings. The number of aliphatic hydroxyl groups excluding tert-OH is 1. The van der Waals surface area contributed by atoms with Gasteiger partial charge in [-0.25, -0.2) is 0 Å². The lowest BCUT2D eigenvalue weighted by Gasteiger charge is -2.24. The first-order valence-corrected chi connectivity index (χ1v) is 6.55. The normalized spacial score (nSPS) is 16.3. The Labute approximate surface area is 107 Å². The molecular formula is C14H20N2O2. The Hall–Kier alpha value is -1.55. The number of carbonyl (C=O) groups is 1. The molecule has 0 unspecified atom stereocenters. The van der Waals surface area contributed by atoms with Crippen LogP contribution in [0, 0.1) is 0 Å². The number of hydrogen-bond acceptors (Lipinski definition) is 3. The van der Waals surface area contributed by atoms with Crippen molar-refractivity contribution in [3.8, 4) is 0 Å². The van der Waals surface area contributed by atoms with E-state index in [0.717, 1.165) is 11.4 Å². The van der Waals surface area contributed by atoms with Crippen molar-refractivity contribution in [3.63, 3.8) is 0 Å². The quantitative estimate of drug-likeness (QED) is 0.766. The Bertz CT molecular complexity index is 401. The summed E-state index contributed by atoms with van der Waals surface area (Å²) < 4.78 is 0. The molecule has 18 heavy (non-hydrogen) atoms. The van der Waals surface area contributed by atoms with Crippen LogP contribution in [0.5, 0.6) is 0 Å². The summed E-state index contributed by atoms with van der Waals surface area (Å²) in [5.41, 5.74) is 1.74. The monoisotopic (exact) mass is 248 g/mol. The largest absolute Gasteiger partial charge is 0.387 e. The fraction of sp³-hybridized carbons (Fsp3) is 0.500. The zero-order chi connectivity index (χ0) is 12.8. The number of amides is 1. The molecule has 4 nitrogen and oxygen atoms in total. The SMILES string of the molecule is O=C(CO)Nc1cccc(NC2CCCCC2)c1. The molecule has 0 bridgehead atoms. The van der Waals surface area contributed by atoms with Gasteiger partial charge >= 0.3 is 0 Å². The Morgan fingerprint density at radius 3 is 2.67 bits per heavy atom. The minimum Gasteiger partial charge on any atom is -0.387 e. The van der Waals surface area contributed by atoms with E-state index in [1.807, 2.05) is 24.3 Å². The lowest BCUT2D eigenvalue weighted by molar-refractivity contribution is -0.118. The van der Waals surface area contributed by atoms with Crippen molar-refractivity contribution in [1.29, 1.82) is 0 Å². The Morgan fingerprint density at radius 1 is 1.22 bits per heavy atom. The van der Waals surface area contributed by atoms with E-state index < -0.39 is 6.61 Å². The van der Waals surface area contributed by atoms with E-state index in [4.69, 9.17) is 5.11 Å². The van der Waals surface area contributed by atoms with Crippen LogP contribution in [0.4, 0.5) is 11.4 Å². The van der Waals surface area contributed by atoms with Crippen LogP contribution in [0.15, 0.2) is 24.3 Å². The molecule has 0 saturated heterocycles. The van der Waals surface area contributed by atoms with Gasteiger partial charge < -0.3 is 15.7 Å². The maximum Gasteiger partial charge on any atom is 0.250 e. The third-order valence-corrected chi connectivity index (χ3v) is 3.27. The lowest BCUT2D eigenvalue weighted by atomic mass is 9.95. The summed E-state index contributed by atoms with van der Waals surface area (Å²) in [4.78, 5) is 11.1. The van der Waals surface area contributed by atoms with E-state index in [0.29, 0.717) is 6.04 Å². The minimum atomic E-state index is -0.486. The smallest absolute Gasteiger partial charge is 0.250 e. The van der Waals surface area contributed by atoms with Crippen molar-refractivity contribution in [2.45, 2.75) is 38.1 Å². The summed E-state index contributed by atoms with van der Waals surface area (Å²) in [5, 5.41) is 14.8. The summed E-state index contributed by atoms with van der Waals surface area (Å²) in [6, 6.07) is 8.17. The van der Waals surface area contributed by atoms with Gasteiger partial charge in [0.05, 0.1) is 0 Å². The molecule has 98 valence electrons. The van der Waals surface area contributed by atoms with Gasteiger partial charge in [0.1, 0.15) is 6.61 Å². The van der Waals surface area contributed by atoms with Crippen LogP contribution in [-0.2, 0) is 4.79 Å². The predicted octanol–water partition coefficient (Wildman–Crippen LogP) is 2.36. The van der Waals surface area contributed by atoms with Crippen molar-refractivity contribution < 1.29 is 9.90 Å². The molecule has 1 saturated carbocycles. The maximum atomic E-state index is 11.1. The van der Waals surface area contributed by atoms with Gasteiger partial charge in [0.25, 0.3) is 0 Å². The second-order valence-electron chi connectivity index (χ2n) is 4.77. The standard InChI is InChI=1S/C14H20N2O2/c17-10-14(18)16-13-8-4-7-12(9-13)15-11-5-2-1-3-6-11/h4,7-9,11,15,17H,1-3,5-6,10H2,(H,16,18). The first kappa shape index (κ1) is 12.9. The van der Waals surface area contributed by atoms with E-state index in [1.54, 1.807) is 0 Å². The van der Waals surface area contributed by atoms with Crippen molar-refractivity contribution in [1.82, 2.24) is 0 Å². The second kappa shape index (κ2) is 6.40. The summed E-state index contributed by atoms with van der Waals surface area (Å²) in [6.07, 6.45) is 6.35. The molecule has 1 fully saturated rings. The van der Waals surface area contributed by atoms with Gasteiger partial charge in [-0.2, -0.15) is 0 Å². The number of carbonyl (C=O) groups excluding carboxylic acids is 1. The zero-order valence-corrected chi connectivity index (χ0v) is 10.5. The first-order valence-electron chi connectivity index (χ1n) is 6.55. The molecule has 0 radical (unpaired) electrons. The molecule has 1 aromatic carbocycles. The van der Waals surface area contributed by atoms with E-state index in [9.17, 15) is 4.79 Å². The topological polar surface area (TPSA) is 61.4 Å². The number of nitrogens with one attached hydrogen (secondary N) is 2. The highest BCUT2D eigenvalue weighted by molar-refractivity contribution is 5.91. The highest BCUT2D eigenvalue weighted by atomic mass is 16.3. The van der Waals surface area contributed by atoms with Gasteiger partial charge in [0.2, 0.25) is 5.91 Å². The highest BCUT2D eigenvalue weighted by Gasteiger charge is 2.12. The molecule has 3 N–H and O–H groups in total. The van der Waals surface area contributed by atoms with Gasteiger partial charge in [0.15, 0.2) is 0 Å². The third kappa shape index (κ3) is 3.74. The molecule has 0 aromatic heterocycles. The summed E-state index contributed by atoms with van der Waals surface area (Å²) in [6.45, 7) is -0.486. The Balaban J connectivity index is 1.95. The number of benzene rings is 1. The average molecular weight is 248 g/mol. The molecule has 0 heterocycles. The van der Waals surface area contributed by atoms with E-state index in [1.165, 1.54) is 32.1 Å². The van der Waals surface area contributed by atoms with Crippen LogP contribution in [0.2, 0.25) is 0 Å². The van der Waals surface area contributed by atoms with E-state index >= 15 is 0 Å². The Morgan fingerprint density at radius 2 is 1.94 bits per heavy atom. The van der Waals surface area contributed by atoms with Crippen LogP contribution in [-0.4, -0.2) is 23.7 Å². The van der Waals surface area contributed by atoms with Gasteiger partial charge in [-0.15, -0.1) is 0 Å². The van der Waals surface area contributed by atoms with Crippen molar-refractivity contribution in [3.05, 3.63) is 24.3 Å². The molecule has 0 atom stereocenters. The maximum absolute atomic E-state index is 11.1. The van der Waals surface area contributed by atoms with E-state index in [2.05, 4.69) is 10.6 Å². The highest BCUT2D eigenvalue weighted by Crippen LogP contribution is 2.23. The summed E-state index contributed by atoms with van der Waals surface area (Å²) in [5.74, 6) is -0.384. The molecule has 1 amide bonds. The molecule has 4 heteroatoms. The molecule has 2 rings (SSSR count). The van der Waals surface area contributed by atoms with Crippen LogP contribution in [0.25, 0.3) is 0 Å². The van der Waals surface area contributed by atoms with Crippen molar-refractivity contribution in [2.75, 3.05) is 17.2 Å². The van der Waals surface area contributed by atoms with Crippen LogP contribution in [0.1, 0.15) is 32.1 Å². The third-order valence-electron chi connectivity index (χ3n) is 3.27. The number of rotatable bonds is 4. The fourth-order valence-corrected chi connectivity index (χ4v) is 2.37. The fourth-order valence-electron chi connectivity index (χ4n) is 2.37. The molecule has 1 aliphatic carbocycles. The number of aliphatic hydroxyl groups is 1. The number of anilines is 2. The summed E-state index contributed by atoms with van der Waals surface area (Å²) >= 11 is 0. The average Bonchev–Trinajstić information content (AvgIpc) is 2.40. The lowest BCUT2D eigenvalue weighted by Crippen LogP contribution is -2.22. The van der Waals surface area contributed by atoms with Crippen molar-refractivity contribution >= 4 is 17.3 Å². The first-order chi connectivity index (χ1) is 8.78. The van der Waals surface area contributed by atoms with Gasteiger partial charge in [-0.3, -0.25) is 4.79 Å². The van der Waals surface area contributed by atoms with Gasteiger partial charge in [-0.05, 0) is 31.0 Å². The number of hydrogen-bond donors (Lipinski definition) is 3.